The third-order valence-electron chi connectivity index (χ3n) is 7.73. The lowest BCUT2D eigenvalue weighted by atomic mass is 9.71. The van der Waals surface area contributed by atoms with Crippen molar-refractivity contribution in [3.63, 3.8) is 0 Å². The van der Waals surface area contributed by atoms with Gasteiger partial charge in [-0.1, -0.05) is 86.7 Å². The highest BCUT2D eigenvalue weighted by molar-refractivity contribution is 6.13. The van der Waals surface area contributed by atoms with Gasteiger partial charge in [0, 0.05) is 33.3 Å². The molecule has 7 rings (SSSR count). The molecule has 1 aliphatic heterocycles. The summed E-state index contributed by atoms with van der Waals surface area (Å²) in [6.07, 6.45) is 6.79. The Bertz CT molecular complexity index is 1670. The van der Waals surface area contributed by atoms with E-state index in [4.69, 9.17) is 4.42 Å². The molecule has 0 saturated heterocycles. The number of benzene rings is 4. The summed E-state index contributed by atoms with van der Waals surface area (Å²) >= 11 is 0. The third-order valence-corrected chi connectivity index (χ3v) is 7.73. The monoisotopic (exact) mass is 453 g/mol. The fourth-order valence-electron chi connectivity index (χ4n) is 6.05. The summed E-state index contributed by atoms with van der Waals surface area (Å²) in [6, 6.07) is 32.5. The summed E-state index contributed by atoms with van der Waals surface area (Å²) in [4.78, 5) is 2.49. The fraction of sp³-hybridized carbons (Fsp3) is 0.152. The van der Waals surface area contributed by atoms with E-state index in [1.54, 1.807) is 0 Å². The highest BCUT2D eigenvalue weighted by Gasteiger charge is 2.38. The van der Waals surface area contributed by atoms with Crippen LogP contribution >= 0.6 is 0 Å². The molecule has 0 unspecified atom stereocenters. The largest absolute Gasteiger partial charge is 0.456 e. The molecule has 0 radical (unpaired) electrons. The standard InChI is InChI=1S/C33H27NO/c1-33(2)26-14-6-8-16-28(26)34(29-17-9-7-15-27(29)33)23-19-20-30-25(21-23)32-24(13-10-18-31(32)35-30)22-11-4-3-5-12-22/h3-8,10-16,18-21H,9,17H2,1-2H3. The molecule has 2 nitrogen and oxygen atoms in total. The topological polar surface area (TPSA) is 16.4 Å². The van der Waals surface area contributed by atoms with E-state index in [1.165, 1.54) is 44.7 Å². The molecule has 0 bridgehead atoms. The predicted molar refractivity (Wildman–Crippen MR) is 146 cm³/mol. The molecule has 5 aromatic rings. The van der Waals surface area contributed by atoms with Gasteiger partial charge in [0.1, 0.15) is 11.2 Å². The number of para-hydroxylation sites is 1. The van der Waals surface area contributed by atoms with Gasteiger partial charge in [-0.15, -0.1) is 0 Å². The van der Waals surface area contributed by atoms with Crippen LogP contribution < -0.4 is 4.90 Å². The Morgan fingerprint density at radius 3 is 2.51 bits per heavy atom. The quantitative estimate of drug-likeness (QED) is 0.265. The van der Waals surface area contributed by atoms with Crippen LogP contribution in [-0.2, 0) is 5.41 Å². The van der Waals surface area contributed by atoms with E-state index in [0.29, 0.717) is 0 Å². The minimum absolute atomic E-state index is 0.0216. The van der Waals surface area contributed by atoms with Crippen molar-refractivity contribution >= 4 is 33.3 Å². The molecule has 1 aromatic heterocycles. The van der Waals surface area contributed by atoms with Gasteiger partial charge in [-0.2, -0.15) is 0 Å². The minimum Gasteiger partial charge on any atom is -0.456 e. The van der Waals surface area contributed by atoms with Crippen molar-refractivity contribution in [2.24, 2.45) is 0 Å². The lowest BCUT2D eigenvalue weighted by Crippen LogP contribution is -2.34. The molecule has 170 valence electrons. The predicted octanol–water partition coefficient (Wildman–Crippen LogP) is 9.29. The van der Waals surface area contributed by atoms with Gasteiger partial charge in [-0.05, 0) is 65.4 Å². The van der Waals surface area contributed by atoms with Crippen LogP contribution in [0.4, 0.5) is 11.4 Å². The summed E-state index contributed by atoms with van der Waals surface area (Å²) in [5.74, 6) is 0. The van der Waals surface area contributed by atoms with E-state index in [9.17, 15) is 0 Å². The van der Waals surface area contributed by atoms with Crippen LogP contribution in [0.25, 0.3) is 33.1 Å². The van der Waals surface area contributed by atoms with Crippen LogP contribution in [0.1, 0.15) is 32.3 Å². The molecule has 0 atom stereocenters. The van der Waals surface area contributed by atoms with Crippen molar-refractivity contribution in [1.29, 1.82) is 0 Å². The second-order valence-corrected chi connectivity index (χ2v) is 10.1. The van der Waals surface area contributed by atoms with Crippen molar-refractivity contribution in [3.05, 3.63) is 120 Å². The highest BCUT2D eigenvalue weighted by atomic mass is 16.3. The van der Waals surface area contributed by atoms with Gasteiger partial charge < -0.3 is 9.32 Å². The molecule has 0 amide bonds. The summed E-state index contributed by atoms with van der Waals surface area (Å²) in [5.41, 5.74) is 10.9. The highest BCUT2D eigenvalue weighted by Crippen LogP contribution is 2.51. The molecule has 2 heteroatoms. The first-order valence-corrected chi connectivity index (χ1v) is 12.4. The molecule has 1 aliphatic carbocycles. The second kappa shape index (κ2) is 7.48. The fourth-order valence-corrected chi connectivity index (χ4v) is 6.05. The maximum Gasteiger partial charge on any atom is 0.136 e. The van der Waals surface area contributed by atoms with Gasteiger partial charge >= 0.3 is 0 Å². The van der Waals surface area contributed by atoms with E-state index in [1.807, 2.05) is 0 Å². The average Bonchev–Trinajstić information content (AvgIpc) is 3.28. The van der Waals surface area contributed by atoms with Gasteiger partial charge in [-0.3, -0.25) is 0 Å². The molecule has 0 spiro atoms. The van der Waals surface area contributed by atoms with E-state index in [0.717, 1.165) is 29.4 Å². The zero-order valence-electron chi connectivity index (χ0n) is 20.1. The zero-order valence-corrected chi connectivity index (χ0v) is 20.1. The molecular formula is C33H27NO. The Balaban J connectivity index is 1.50. The van der Waals surface area contributed by atoms with Crippen molar-refractivity contribution in [2.45, 2.75) is 32.1 Å². The van der Waals surface area contributed by atoms with E-state index < -0.39 is 0 Å². The molecule has 2 heterocycles. The van der Waals surface area contributed by atoms with Gasteiger partial charge in [0.05, 0.1) is 0 Å². The second-order valence-electron chi connectivity index (χ2n) is 10.1. The van der Waals surface area contributed by atoms with Gasteiger partial charge in [0.2, 0.25) is 0 Å². The first kappa shape index (κ1) is 20.3. The van der Waals surface area contributed by atoms with Crippen molar-refractivity contribution < 1.29 is 4.42 Å². The molecule has 0 saturated carbocycles. The van der Waals surface area contributed by atoms with Crippen LogP contribution in [0.2, 0.25) is 0 Å². The number of anilines is 2. The Morgan fingerprint density at radius 2 is 1.63 bits per heavy atom. The number of hydrogen-bond donors (Lipinski definition) is 0. The normalized spacial score (nSPS) is 16.6. The molecule has 0 fully saturated rings. The molecule has 4 aromatic carbocycles. The summed E-state index contributed by atoms with van der Waals surface area (Å²) in [5, 5.41) is 2.34. The van der Waals surface area contributed by atoms with Crippen LogP contribution in [0.3, 0.4) is 0 Å². The summed E-state index contributed by atoms with van der Waals surface area (Å²) < 4.78 is 6.32. The van der Waals surface area contributed by atoms with Gasteiger partial charge in [0.25, 0.3) is 0 Å². The molecular weight excluding hydrogens is 426 g/mol. The number of allylic oxidation sites excluding steroid dienone is 4. The van der Waals surface area contributed by atoms with Gasteiger partial charge in [-0.25, -0.2) is 0 Å². The van der Waals surface area contributed by atoms with Crippen LogP contribution in [0.5, 0.6) is 0 Å². The lowest BCUT2D eigenvalue weighted by Gasteiger charge is -2.44. The third kappa shape index (κ3) is 2.96. The zero-order chi connectivity index (χ0) is 23.6. The van der Waals surface area contributed by atoms with E-state index in [-0.39, 0.29) is 5.41 Å². The maximum atomic E-state index is 6.32. The minimum atomic E-state index is -0.0216. The first-order chi connectivity index (χ1) is 17.1. The van der Waals surface area contributed by atoms with Crippen LogP contribution in [-0.4, -0.2) is 0 Å². The number of nitrogens with zero attached hydrogens (tertiary/aromatic N) is 1. The Hall–Kier alpha value is -4.04. The Morgan fingerprint density at radius 1 is 0.800 bits per heavy atom. The van der Waals surface area contributed by atoms with E-state index >= 15 is 0 Å². The first-order valence-electron chi connectivity index (χ1n) is 12.4. The summed E-state index contributed by atoms with van der Waals surface area (Å²) in [7, 11) is 0. The van der Waals surface area contributed by atoms with Crippen LogP contribution in [0.15, 0.2) is 119 Å². The van der Waals surface area contributed by atoms with Crippen LogP contribution in [0, 0.1) is 0 Å². The van der Waals surface area contributed by atoms with Crippen molar-refractivity contribution in [1.82, 2.24) is 0 Å². The van der Waals surface area contributed by atoms with Crippen molar-refractivity contribution in [3.8, 4) is 11.1 Å². The lowest BCUT2D eigenvalue weighted by molar-refractivity contribution is 0.603. The number of furan rings is 1. The molecule has 35 heavy (non-hydrogen) atoms. The number of fused-ring (bicyclic) bond motifs is 4. The Kier molecular flexibility index (Phi) is 4.35. The maximum absolute atomic E-state index is 6.32. The molecule has 0 N–H and O–H groups in total. The van der Waals surface area contributed by atoms with Crippen molar-refractivity contribution in [2.75, 3.05) is 4.90 Å². The SMILES string of the molecule is CC1(C)C2=C(CCC=C2)N(c2ccc3oc4cccc(-c5ccccc5)c4c3c2)c2ccccc21. The molecule has 2 aliphatic rings. The number of hydrogen-bond acceptors (Lipinski definition) is 2. The van der Waals surface area contributed by atoms with E-state index in [2.05, 4.69) is 122 Å². The smallest absolute Gasteiger partial charge is 0.136 e. The Labute approximate surface area is 205 Å². The van der Waals surface area contributed by atoms with Gasteiger partial charge in [0.15, 0.2) is 0 Å². The average molecular weight is 454 g/mol. The number of rotatable bonds is 2. The summed E-state index contributed by atoms with van der Waals surface area (Å²) in [6.45, 7) is 4.71.